The van der Waals surface area contributed by atoms with Crippen LogP contribution in [-0.2, 0) is 34.0 Å². The molecule has 3 aliphatic heterocycles. The topological polar surface area (TPSA) is 88.2 Å². The first kappa shape index (κ1) is 14.2. The fraction of sp³-hybridized carbons (Fsp3) is 0.400. The summed E-state index contributed by atoms with van der Waals surface area (Å²) in [6.45, 7) is -13.9. The van der Waals surface area contributed by atoms with E-state index in [1.54, 1.807) is 0 Å². The monoisotopic (exact) mass is 476 g/mol. The van der Waals surface area contributed by atoms with Gasteiger partial charge in [0.1, 0.15) is 24.2 Å². The van der Waals surface area contributed by atoms with Crippen molar-refractivity contribution in [1.29, 1.82) is 0 Å². The number of imide groups is 1. The number of halogens is 1. The highest BCUT2D eigenvalue weighted by molar-refractivity contribution is 6.05. The highest BCUT2D eigenvalue weighted by atomic mass is 19.1. The van der Waals surface area contributed by atoms with Crippen LogP contribution < -0.4 is 10.1 Å². The lowest BCUT2D eigenvalue weighted by atomic mass is 10.0. The molecule has 178 valence electrons. The third kappa shape index (κ3) is 4.53. The lowest BCUT2D eigenvalue weighted by Crippen LogP contribution is -2.52. The van der Waals surface area contributed by atoms with Crippen molar-refractivity contribution in [2.24, 2.45) is 0 Å². The van der Waals surface area contributed by atoms with E-state index >= 15 is 4.39 Å². The second kappa shape index (κ2) is 9.52. The summed E-state index contributed by atoms with van der Waals surface area (Å²) in [4.78, 5) is 38.5. The number of nitrogens with one attached hydrogen (secondary N) is 1. The largest absolute Gasteiger partial charge is 0.488 e. The summed E-state index contributed by atoms with van der Waals surface area (Å²) < 4.78 is 97.7. The Labute approximate surface area is 209 Å². The van der Waals surface area contributed by atoms with E-state index in [0.29, 0.717) is 10.5 Å². The molecule has 0 bridgehead atoms. The Morgan fingerprint density at radius 1 is 1.21 bits per heavy atom. The Morgan fingerprint density at radius 3 is 2.79 bits per heavy atom. The van der Waals surface area contributed by atoms with Crippen LogP contribution in [-0.4, -0.2) is 59.7 Å². The molecule has 34 heavy (non-hydrogen) atoms. The molecule has 2 aromatic rings. The Morgan fingerprint density at radius 2 is 2.03 bits per heavy atom. The minimum Gasteiger partial charge on any atom is -0.488 e. The maximum atomic E-state index is 15.1. The average Bonchev–Trinajstić information content (AvgIpc) is 3.25. The zero-order valence-electron chi connectivity index (χ0n) is 26.8. The molecule has 3 aliphatic rings. The van der Waals surface area contributed by atoms with E-state index in [9.17, 15) is 14.4 Å². The van der Waals surface area contributed by atoms with Crippen molar-refractivity contribution in [3.63, 3.8) is 0 Å². The average molecular weight is 477 g/mol. The van der Waals surface area contributed by atoms with E-state index in [-0.39, 0.29) is 48.4 Å². The number of nitrogens with zero attached hydrogens (tertiary/aromatic N) is 2. The molecular formula is C25H26FN3O5. The Kier molecular flexibility index (Phi) is 3.97. The van der Waals surface area contributed by atoms with Crippen LogP contribution in [0.2, 0.25) is 0 Å². The Balaban J connectivity index is 1.33. The summed E-state index contributed by atoms with van der Waals surface area (Å²) in [5.74, 6) is -2.64. The molecule has 8 nitrogen and oxygen atoms in total. The second-order valence-corrected chi connectivity index (χ2v) is 7.83. The van der Waals surface area contributed by atoms with Crippen LogP contribution in [0.25, 0.3) is 0 Å². The molecule has 2 saturated heterocycles. The van der Waals surface area contributed by atoms with Crippen molar-refractivity contribution >= 4 is 17.7 Å². The van der Waals surface area contributed by atoms with E-state index in [4.69, 9.17) is 17.1 Å². The molecule has 0 aliphatic carbocycles. The van der Waals surface area contributed by atoms with Gasteiger partial charge in [-0.05, 0) is 30.2 Å². The molecular weight excluding hydrogens is 441 g/mol. The molecule has 2 aromatic carbocycles. The number of piperidine rings is 1. The lowest BCUT2D eigenvalue weighted by Gasteiger charge is -2.29. The van der Waals surface area contributed by atoms with Gasteiger partial charge in [0, 0.05) is 48.1 Å². The van der Waals surface area contributed by atoms with Crippen LogP contribution in [0.4, 0.5) is 4.39 Å². The van der Waals surface area contributed by atoms with E-state index in [1.165, 1.54) is 30.3 Å². The minimum absolute atomic E-state index is 0.0225. The number of carbonyl (C=O) groups is 3. The van der Waals surface area contributed by atoms with Crippen LogP contribution >= 0.6 is 0 Å². The molecule has 0 radical (unpaired) electrons. The van der Waals surface area contributed by atoms with Crippen molar-refractivity contribution in [1.82, 2.24) is 15.1 Å². The van der Waals surface area contributed by atoms with Gasteiger partial charge in [0.15, 0.2) is 0 Å². The summed E-state index contributed by atoms with van der Waals surface area (Å²) >= 11 is 0. The van der Waals surface area contributed by atoms with Crippen LogP contribution in [0.5, 0.6) is 5.75 Å². The van der Waals surface area contributed by atoms with Crippen molar-refractivity contribution in [2.75, 3.05) is 26.1 Å². The summed E-state index contributed by atoms with van der Waals surface area (Å²) in [6, 6.07) is 6.17. The fourth-order valence-corrected chi connectivity index (χ4v) is 3.95. The smallest absolute Gasteiger partial charge is 0.255 e. The quantitative estimate of drug-likeness (QED) is 0.642. The molecule has 5 rings (SSSR count). The highest BCUT2D eigenvalue weighted by Gasteiger charge is 2.40. The fourth-order valence-electron chi connectivity index (χ4n) is 3.95. The van der Waals surface area contributed by atoms with Crippen LogP contribution in [0.15, 0.2) is 36.4 Å². The summed E-state index contributed by atoms with van der Waals surface area (Å²) in [5, 5.41) is 2.09. The van der Waals surface area contributed by atoms with Crippen molar-refractivity contribution < 1.29 is 40.6 Å². The lowest BCUT2D eigenvalue weighted by molar-refractivity contribution is -0.136. The maximum absolute atomic E-state index is 15.1. The third-order valence-electron chi connectivity index (χ3n) is 5.66. The first-order chi connectivity index (χ1) is 19.8. The zero-order valence-corrected chi connectivity index (χ0v) is 17.8. The summed E-state index contributed by atoms with van der Waals surface area (Å²) in [7, 11) is 0. The van der Waals surface area contributed by atoms with E-state index < -0.39 is 62.2 Å². The van der Waals surface area contributed by atoms with Crippen molar-refractivity contribution in [2.45, 2.75) is 38.6 Å². The molecule has 1 N–H and O–H groups in total. The molecule has 0 aromatic heterocycles. The van der Waals surface area contributed by atoms with Crippen molar-refractivity contribution in [3.05, 3.63) is 64.5 Å². The van der Waals surface area contributed by atoms with Gasteiger partial charge < -0.3 is 14.4 Å². The number of morpholine rings is 1. The minimum atomic E-state index is -3.22. The van der Waals surface area contributed by atoms with Gasteiger partial charge in [-0.3, -0.25) is 24.6 Å². The van der Waals surface area contributed by atoms with Crippen molar-refractivity contribution in [3.8, 4) is 5.75 Å². The number of ether oxygens (including phenoxy) is 2. The molecule has 3 heterocycles. The number of amides is 3. The molecule has 0 unspecified atom stereocenters. The standard InChI is InChI=1S/C25H26FN3O5/c26-20-12-16(13-28-8-10-33-11-9-28)4-5-17(20)15-34-22-3-1-2-18-19(22)14-29(25(18)32)21-6-7-23(30)27-24(21)31/h1-5,12,21H,6-11,13-15H2,(H,27,30,31)/t21-/m1/s1/i8D2,9D2,10D2,11D2,21D. The number of fused-ring (bicyclic) bond motifs is 1. The van der Waals surface area contributed by atoms with Crippen LogP contribution in [0.1, 0.15) is 52.2 Å². The molecule has 2 fully saturated rings. The molecule has 3 amide bonds. The van der Waals surface area contributed by atoms with E-state index in [2.05, 4.69) is 10.1 Å². The van der Waals surface area contributed by atoms with Crippen LogP contribution in [0, 0.1) is 5.82 Å². The molecule has 0 saturated carbocycles. The third-order valence-corrected chi connectivity index (χ3v) is 5.66. The van der Waals surface area contributed by atoms with Crippen LogP contribution in [0.3, 0.4) is 0 Å². The normalized spacial score (nSPS) is 32.9. The van der Waals surface area contributed by atoms with Gasteiger partial charge in [0.05, 0.1) is 26.5 Å². The highest BCUT2D eigenvalue weighted by Crippen LogP contribution is 2.34. The number of carbonyl (C=O) groups excluding carboxylic acids is 3. The number of benzene rings is 2. The predicted molar refractivity (Wildman–Crippen MR) is 119 cm³/mol. The number of hydrogen-bond acceptors (Lipinski definition) is 6. The van der Waals surface area contributed by atoms with Gasteiger partial charge in [0.2, 0.25) is 11.8 Å². The summed E-state index contributed by atoms with van der Waals surface area (Å²) in [5.41, 5.74) is 0.622. The first-order valence-corrected chi connectivity index (χ1v) is 10.5. The Bertz CT molecular complexity index is 1500. The van der Waals surface area contributed by atoms with Gasteiger partial charge in [-0.2, -0.15) is 0 Å². The van der Waals surface area contributed by atoms with Gasteiger partial charge >= 0.3 is 0 Å². The molecule has 9 heteroatoms. The first-order valence-electron chi connectivity index (χ1n) is 15.0. The van der Waals surface area contributed by atoms with Gasteiger partial charge in [-0.25, -0.2) is 4.39 Å². The van der Waals surface area contributed by atoms with Gasteiger partial charge in [-0.15, -0.1) is 0 Å². The van der Waals surface area contributed by atoms with Gasteiger partial charge in [-0.1, -0.05) is 18.2 Å². The van der Waals surface area contributed by atoms with E-state index in [0.717, 1.165) is 11.0 Å². The Hall–Kier alpha value is -3.30. The number of rotatable bonds is 6. The van der Waals surface area contributed by atoms with Gasteiger partial charge in [0.25, 0.3) is 5.91 Å². The molecule has 0 spiro atoms. The predicted octanol–water partition coefficient (Wildman–Crippen LogP) is 2.00. The zero-order chi connectivity index (χ0) is 31.8. The maximum Gasteiger partial charge on any atom is 0.255 e. The number of hydrogen-bond donors (Lipinski definition) is 1. The SMILES string of the molecule is [2H]C1([2H])OC([2H])([2H])C([2H])([2H])N(Cc2ccc(COc3cccc4c3CN([C@]3([2H])CCC(=O)NC3=O)C4=O)c(F)c2)C1([2H])[2H]. The summed E-state index contributed by atoms with van der Waals surface area (Å²) in [6.07, 6.45) is -0.275. The van der Waals surface area contributed by atoms with E-state index in [1.807, 2.05) is 0 Å². The second-order valence-electron chi connectivity index (χ2n) is 7.83. The molecule has 1 atom stereocenters.